The van der Waals surface area contributed by atoms with Crippen molar-refractivity contribution in [2.75, 3.05) is 0 Å². The fraction of sp³-hybridized carbons (Fsp3) is 0.0769. The molecule has 0 amide bonds. The third-order valence-corrected chi connectivity index (χ3v) is 5.20. The summed E-state index contributed by atoms with van der Waals surface area (Å²) in [5, 5.41) is 10.8. The molecular weight excluding hydrogens is 406 g/mol. The number of fused-ring (bicyclic) bond motifs is 2. The second-order valence-electron chi connectivity index (χ2n) is 7.36. The van der Waals surface area contributed by atoms with Gasteiger partial charge in [-0.3, -0.25) is 4.98 Å². The topological polar surface area (TPSA) is 81.8 Å². The van der Waals surface area contributed by atoms with Gasteiger partial charge in [0.25, 0.3) is 0 Å². The van der Waals surface area contributed by atoms with Crippen LogP contribution in [-0.2, 0) is 6.61 Å². The van der Waals surface area contributed by atoms with Gasteiger partial charge in [-0.1, -0.05) is 30.3 Å². The molecule has 3 aromatic carbocycles. The second-order valence-corrected chi connectivity index (χ2v) is 7.36. The van der Waals surface area contributed by atoms with E-state index >= 15 is 0 Å². The summed E-state index contributed by atoms with van der Waals surface area (Å²) in [6.07, 6.45) is 1.68. The molecule has 1 N–H and O–H groups in total. The van der Waals surface area contributed by atoms with Gasteiger partial charge in [0, 0.05) is 29.1 Å². The van der Waals surface area contributed by atoms with E-state index in [0.29, 0.717) is 34.8 Å². The smallest absolute Gasteiger partial charge is 0.339 e. The van der Waals surface area contributed by atoms with Gasteiger partial charge < -0.3 is 19.0 Å². The SMILES string of the molecule is Cc1oc2cc(Oc3ccnc4cc(OCc5ccccc5)ccc34)ccc2c1C(=O)O. The van der Waals surface area contributed by atoms with Gasteiger partial charge in [-0.15, -0.1) is 0 Å². The van der Waals surface area contributed by atoms with Crippen LogP contribution in [0.1, 0.15) is 21.7 Å². The van der Waals surface area contributed by atoms with Crippen LogP contribution in [0.2, 0.25) is 0 Å². The van der Waals surface area contributed by atoms with Crippen molar-refractivity contribution in [3.8, 4) is 17.2 Å². The van der Waals surface area contributed by atoms with Crippen molar-refractivity contribution in [2.45, 2.75) is 13.5 Å². The number of carboxylic acids is 1. The van der Waals surface area contributed by atoms with E-state index < -0.39 is 5.97 Å². The standard InChI is InChI=1S/C26H19NO5/c1-16-25(26(28)29)21-10-8-19(14-24(21)31-16)32-23-11-12-27-22-13-18(7-9-20(22)23)30-15-17-5-3-2-4-6-17/h2-14H,15H2,1H3,(H,28,29). The lowest BCUT2D eigenvalue weighted by atomic mass is 10.1. The molecule has 32 heavy (non-hydrogen) atoms. The van der Waals surface area contributed by atoms with Crippen molar-refractivity contribution in [1.82, 2.24) is 4.98 Å². The first-order valence-corrected chi connectivity index (χ1v) is 10.1. The van der Waals surface area contributed by atoms with Crippen molar-refractivity contribution in [2.24, 2.45) is 0 Å². The van der Waals surface area contributed by atoms with Gasteiger partial charge in [0.2, 0.25) is 0 Å². The highest BCUT2D eigenvalue weighted by molar-refractivity contribution is 6.03. The predicted octanol–water partition coefficient (Wildman–Crippen LogP) is 6.36. The Morgan fingerprint density at radius 1 is 0.969 bits per heavy atom. The number of hydrogen-bond donors (Lipinski definition) is 1. The minimum absolute atomic E-state index is 0.170. The van der Waals surface area contributed by atoms with Crippen LogP contribution >= 0.6 is 0 Å². The van der Waals surface area contributed by atoms with Crippen molar-refractivity contribution in [3.63, 3.8) is 0 Å². The van der Waals surface area contributed by atoms with Crippen LogP contribution in [0.4, 0.5) is 0 Å². The van der Waals surface area contributed by atoms with Crippen molar-refractivity contribution in [1.29, 1.82) is 0 Å². The Kier molecular flexibility index (Phi) is 4.95. The number of nitrogens with zero attached hydrogens (tertiary/aromatic N) is 1. The highest BCUT2D eigenvalue weighted by atomic mass is 16.5. The third kappa shape index (κ3) is 3.74. The quantitative estimate of drug-likeness (QED) is 0.341. The molecule has 0 spiro atoms. The molecule has 0 aliphatic heterocycles. The van der Waals surface area contributed by atoms with Crippen LogP contribution in [0.5, 0.6) is 17.2 Å². The number of carbonyl (C=O) groups is 1. The molecule has 0 fully saturated rings. The lowest BCUT2D eigenvalue weighted by Gasteiger charge is -2.11. The Morgan fingerprint density at radius 3 is 2.56 bits per heavy atom. The number of aromatic carboxylic acids is 1. The fourth-order valence-corrected chi connectivity index (χ4v) is 3.68. The van der Waals surface area contributed by atoms with Crippen molar-refractivity contribution >= 4 is 27.8 Å². The molecule has 0 unspecified atom stereocenters. The highest BCUT2D eigenvalue weighted by Gasteiger charge is 2.18. The Bertz CT molecular complexity index is 1440. The van der Waals surface area contributed by atoms with E-state index in [1.54, 1.807) is 37.4 Å². The van der Waals surface area contributed by atoms with E-state index in [0.717, 1.165) is 22.2 Å². The number of pyridine rings is 1. The van der Waals surface area contributed by atoms with Gasteiger partial charge in [-0.25, -0.2) is 4.79 Å². The van der Waals surface area contributed by atoms with E-state index in [4.69, 9.17) is 13.9 Å². The Balaban J connectivity index is 1.41. The monoisotopic (exact) mass is 425 g/mol. The molecule has 6 heteroatoms. The van der Waals surface area contributed by atoms with Gasteiger partial charge in [0.1, 0.15) is 40.8 Å². The molecule has 158 valence electrons. The molecule has 0 atom stereocenters. The molecule has 0 aliphatic carbocycles. The molecular formula is C26H19NO5. The van der Waals surface area contributed by atoms with Crippen LogP contribution in [0.15, 0.2) is 83.4 Å². The molecule has 2 aromatic heterocycles. The summed E-state index contributed by atoms with van der Waals surface area (Å²) in [4.78, 5) is 15.9. The molecule has 5 rings (SSSR count). The predicted molar refractivity (Wildman–Crippen MR) is 121 cm³/mol. The first kappa shape index (κ1) is 19.6. The number of aryl methyl sites for hydroxylation is 1. The zero-order valence-electron chi connectivity index (χ0n) is 17.2. The summed E-state index contributed by atoms with van der Waals surface area (Å²) in [5.74, 6) is 1.24. The van der Waals surface area contributed by atoms with Crippen LogP contribution in [-0.4, -0.2) is 16.1 Å². The molecule has 0 saturated carbocycles. The van der Waals surface area contributed by atoms with Gasteiger partial charge in [-0.2, -0.15) is 0 Å². The summed E-state index contributed by atoms with van der Waals surface area (Å²) in [6.45, 7) is 2.11. The number of carboxylic acid groups (broad SMARTS) is 1. The van der Waals surface area contributed by atoms with Crippen LogP contribution in [0, 0.1) is 6.92 Å². The maximum Gasteiger partial charge on any atom is 0.339 e. The summed E-state index contributed by atoms with van der Waals surface area (Å²) in [5.41, 5.74) is 2.47. The highest BCUT2D eigenvalue weighted by Crippen LogP contribution is 2.34. The van der Waals surface area contributed by atoms with Crippen LogP contribution in [0.25, 0.3) is 21.9 Å². The summed E-state index contributed by atoms with van der Waals surface area (Å²) in [6, 6.07) is 22.5. The number of furan rings is 1. The maximum absolute atomic E-state index is 11.5. The van der Waals surface area contributed by atoms with Crippen LogP contribution < -0.4 is 9.47 Å². The number of aromatic nitrogens is 1. The Hall–Kier alpha value is -4.32. The zero-order valence-corrected chi connectivity index (χ0v) is 17.2. The average molecular weight is 425 g/mol. The fourth-order valence-electron chi connectivity index (χ4n) is 3.68. The van der Waals surface area contributed by atoms with E-state index in [9.17, 15) is 9.90 Å². The van der Waals surface area contributed by atoms with Crippen molar-refractivity contribution in [3.05, 3.63) is 95.9 Å². The Morgan fingerprint density at radius 2 is 1.75 bits per heavy atom. The minimum atomic E-state index is -1.01. The summed E-state index contributed by atoms with van der Waals surface area (Å²) < 4.78 is 17.6. The molecule has 2 heterocycles. The number of hydrogen-bond acceptors (Lipinski definition) is 5. The number of rotatable bonds is 6. The first-order chi connectivity index (χ1) is 15.6. The molecule has 0 saturated heterocycles. The molecule has 0 aliphatic rings. The van der Waals surface area contributed by atoms with E-state index in [1.165, 1.54) is 0 Å². The molecule has 5 aromatic rings. The van der Waals surface area contributed by atoms with E-state index in [1.807, 2.05) is 48.5 Å². The van der Waals surface area contributed by atoms with E-state index in [-0.39, 0.29) is 5.56 Å². The largest absolute Gasteiger partial charge is 0.489 e. The number of ether oxygens (including phenoxy) is 2. The minimum Gasteiger partial charge on any atom is -0.489 e. The molecule has 0 bridgehead atoms. The third-order valence-electron chi connectivity index (χ3n) is 5.20. The lowest BCUT2D eigenvalue weighted by molar-refractivity contribution is 0.0697. The van der Waals surface area contributed by atoms with E-state index in [2.05, 4.69) is 4.98 Å². The summed E-state index contributed by atoms with van der Waals surface area (Å²) >= 11 is 0. The average Bonchev–Trinajstić information content (AvgIpc) is 3.13. The van der Waals surface area contributed by atoms with Gasteiger partial charge in [0.05, 0.1) is 5.52 Å². The Labute approximate surface area is 183 Å². The van der Waals surface area contributed by atoms with Crippen molar-refractivity contribution < 1.29 is 23.8 Å². The van der Waals surface area contributed by atoms with Gasteiger partial charge >= 0.3 is 5.97 Å². The maximum atomic E-state index is 11.5. The second kappa shape index (κ2) is 8.07. The number of benzene rings is 3. The van der Waals surface area contributed by atoms with Gasteiger partial charge in [-0.05, 0) is 42.8 Å². The first-order valence-electron chi connectivity index (χ1n) is 10.1. The molecule has 0 radical (unpaired) electrons. The normalized spacial score (nSPS) is 11.0. The van der Waals surface area contributed by atoms with Gasteiger partial charge in [0.15, 0.2) is 0 Å². The zero-order chi connectivity index (χ0) is 22.1. The molecule has 6 nitrogen and oxygen atoms in total. The lowest BCUT2D eigenvalue weighted by Crippen LogP contribution is -1.96. The summed E-state index contributed by atoms with van der Waals surface area (Å²) in [7, 11) is 0. The van der Waals surface area contributed by atoms with Crippen LogP contribution in [0.3, 0.4) is 0 Å².